The van der Waals surface area contributed by atoms with E-state index in [2.05, 4.69) is 0 Å². The van der Waals surface area contributed by atoms with Gasteiger partial charge in [0.05, 0.1) is 43.3 Å². The van der Waals surface area contributed by atoms with Crippen LogP contribution in [-0.2, 0) is 19.1 Å². The Bertz CT molecular complexity index is 451. The molecule has 21 heavy (non-hydrogen) atoms. The minimum absolute atomic E-state index is 0.147. The lowest BCUT2D eigenvalue weighted by molar-refractivity contribution is -0.183. The fraction of sp³-hybridized carbons (Fsp3) is 0.867. The van der Waals surface area contributed by atoms with Crippen LogP contribution in [-0.4, -0.2) is 73.7 Å². The van der Waals surface area contributed by atoms with Crippen molar-refractivity contribution in [3.05, 3.63) is 0 Å². The van der Waals surface area contributed by atoms with Gasteiger partial charge in [0.25, 0.3) is 0 Å². The zero-order valence-electron chi connectivity index (χ0n) is 13.1. The smallest absolute Gasteiger partial charge is 0.233 e. The highest BCUT2D eigenvalue weighted by Gasteiger charge is 2.50. The van der Waals surface area contributed by atoms with Gasteiger partial charge in [-0.15, -0.1) is 0 Å². The van der Waals surface area contributed by atoms with Crippen molar-refractivity contribution in [3.8, 4) is 0 Å². The van der Waals surface area contributed by atoms with Crippen LogP contribution >= 0.6 is 0 Å². The van der Waals surface area contributed by atoms with E-state index >= 15 is 0 Å². The molecule has 0 radical (unpaired) electrons. The second-order valence-corrected chi connectivity index (χ2v) is 7.06. The number of ether oxygens (including phenoxy) is 2. The van der Waals surface area contributed by atoms with Gasteiger partial charge >= 0.3 is 0 Å². The Balaban J connectivity index is 1.56. The first-order chi connectivity index (χ1) is 9.89. The SMILES string of the molecule is CCN(C(=O)C1(C)COC1)C1CN(C(=O)C2(C)COC2)C1. The molecule has 3 aliphatic rings. The zero-order valence-corrected chi connectivity index (χ0v) is 13.1. The molecule has 3 fully saturated rings. The summed E-state index contributed by atoms with van der Waals surface area (Å²) in [5, 5.41) is 0. The second kappa shape index (κ2) is 4.95. The third-order valence-corrected chi connectivity index (χ3v) is 4.91. The van der Waals surface area contributed by atoms with Crippen molar-refractivity contribution in [1.82, 2.24) is 9.80 Å². The fourth-order valence-corrected chi connectivity index (χ4v) is 3.18. The van der Waals surface area contributed by atoms with E-state index in [-0.39, 0.29) is 28.7 Å². The molecule has 0 aliphatic carbocycles. The van der Waals surface area contributed by atoms with Crippen LogP contribution in [0.1, 0.15) is 20.8 Å². The predicted molar refractivity (Wildman–Crippen MR) is 75.6 cm³/mol. The monoisotopic (exact) mass is 296 g/mol. The third kappa shape index (κ3) is 2.25. The van der Waals surface area contributed by atoms with Gasteiger partial charge in [0.15, 0.2) is 0 Å². The van der Waals surface area contributed by atoms with E-state index in [1.54, 1.807) is 0 Å². The zero-order chi connectivity index (χ0) is 15.3. The molecule has 0 aromatic rings. The highest BCUT2D eigenvalue weighted by atomic mass is 16.5. The molecule has 0 aromatic heterocycles. The number of nitrogens with zero attached hydrogens (tertiary/aromatic N) is 2. The maximum absolute atomic E-state index is 12.6. The quantitative estimate of drug-likeness (QED) is 0.739. The van der Waals surface area contributed by atoms with Crippen molar-refractivity contribution in [2.45, 2.75) is 26.8 Å². The van der Waals surface area contributed by atoms with Crippen LogP contribution in [0.3, 0.4) is 0 Å². The first-order valence-corrected chi connectivity index (χ1v) is 7.65. The predicted octanol–water partition coefficient (Wildman–Crippen LogP) is 0.119. The molecule has 118 valence electrons. The van der Waals surface area contributed by atoms with Gasteiger partial charge in [-0.2, -0.15) is 0 Å². The Morgan fingerprint density at radius 2 is 1.62 bits per heavy atom. The van der Waals surface area contributed by atoms with Gasteiger partial charge in [0.1, 0.15) is 0 Å². The molecule has 3 aliphatic heterocycles. The van der Waals surface area contributed by atoms with Crippen molar-refractivity contribution in [2.24, 2.45) is 10.8 Å². The van der Waals surface area contributed by atoms with Crippen LogP contribution in [0, 0.1) is 10.8 Å². The summed E-state index contributed by atoms with van der Waals surface area (Å²) in [5.74, 6) is 0.318. The summed E-state index contributed by atoms with van der Waals surface area (Å²) < 4.78 is 10.3. The van der Waals surface area contributed by atoms with Crippen molar-refractivity contribution in [2.75, 3.05) is 46.1 Å². The molecule has 0 spiro atoms. The van der Waals surface area contributed by atoms with Crippen LogP contribution in [0.4, 0.5) is 0 Å². The first-order valence-electron chi connectivity index (χ1n) is 7.65. The van der Waals surface area contributed by atoms with Crippen LogP contribution in [0.2, 0.25) is 0 Å². The van der Waals surface area contributed by atoms with Gasteiger partial charge < -0.3 is 19.3 Å². The van der Waals surface area contributed by atoms with Gasteiger partial charge in [-0.05, 0) is 20.8 Å². The summed E-state index contributed by atoms with van der Waals surface area (Å²) in [5.41, 5.74) is -0.714. The number of likely N-dealkylation sites (N-methyl/N-ethyl adjacent to an activating group) is 1. The third-order valence-electron chi connectivity index (χ3n) is 4.91. The van der Waals surface area contributed by atoms with Crippen LogP contribution in [0.25, 0.3) is 0 Å². The molecule has 3 rings (SSSR count). The maximum atomic E-state index is 12.6. The highest BCUT2D eigenvalue weighted by molar-refractivity contribution is 5.86. The molecule has 0 N–H and O–H groups in total. The topological polar surface area (TPSA) is 59.1 Å². The van der Waals surface area contributed by atoms with E-state index in [0.29, 0.717) is 46.1 Å². The average Bonchev–Trinajstić information content (AvgIpc) is 2.35. The standard InChI is InChI=1S/C15H24N2O4/c1-4-17(13(19)15(3)9-21-10-15)11-5-16(6-11)12(18)14(2)7-20-8-14/h11H,4-10H2,1-3H3. The van der Waals surface area contributed by atoms with Gasteiger partial charge in [0, 0.05) is 19.6 Å². The Hall–Kier alpha value is -1.14. The maximum Gasteiger partial charge on any atom is 0.233 e. The lowest BCUT2D eigenvalue weighted by atomic mass is 9.84. The molecule has 2 amide bonds. The summed E-state index contributed by atoms with van der Waals surface area (Å²) in [4.78, 5) is 28.7. The van der Waals surface area contributed by atoms with E-state index < -0.39 is 0 Å². The summed E-state index contributed by atoms with van der Waals surface area (Å²) in [6.07, 6.45) is 0. The fourth-order valence-electron chi connectivity index (χ4n) is 3.18. The van der Waals surface area contributed by atoms with Gasteiger partial charge in [-0.25, -0.2) is 0 Å². The number of hydrogen-bond donors (Lipinski definition) is 0. The molecule has 0 atom stereocenters. The minimum Gasteiger partial charge on any atom is -0.379 e. The minimum atomic E-state index is -0.367. The van der Waals surface area contributed by atoms with Crippen LogP contribution in [0.5, 0.6) is 0 Å². The first kappa shape index (κ1) is 14.8. The largest absolute Gasteiger partial charge is 0.379 e. The molecule has 6 nitrogen and oxygen atoms in total. The number of hydrogen-bond acceptors (Lipinski definition) is 4. The van der Waals surface area contributed by atoms with Crippen molar-refractivity contribution >= 4 is 11.8 Å². The highest BCUT2D eigenvalue weighted by Crippen LogP contribution is 2.34. The Morgan fingerprint density at radius 3 is 2.00 bits per heavy atom. The number of rotatable bonds is 4. The van der Waals surface area contributed by atoms with Crippen LogP contribution in [0.15, 0.2) is 0 Å². The van der Waals surface area contributed by atoms with E-state index in [1.165, 1.54) is 0 Å². The van der Waals surface area contributed by atoms with E-state index in [4.69, 9.17) is 9.47 Å². The summed E-state index contributed by atoms with van der Waals surface area (Å²) in [6, 6.07) is 0.147. The van der Waals surface area contributed by atoms with Gasteiger partial charge in [0.2, 0.25) is 11.8 Å². The summed E-state index contributed by atoms with van der Waals surface area (Å²) >= 11 is 0. The lowest BCUT2D eigenvalue weighted by Crippen LogP contribution is -2.68. The number of carbonyl (C=O) groups excluding carboxylic acids is 2. The molecule has 0 unspecified atom stereocenters. The van der Waals surface area contributed by atoms with Gasteiger partial charge in [-0.1, -0.05) is 0 Å². The van der Waals surface area contributed by atoms with Crippen molar-refractivity contribution in [3.63, 3.8) is 0 Å². The van der Waals surface area contributed by atoms with E-state index in [1.807, 2.05) is 30.6 Å². The molecular formula is C15H24N2O4. The van der Waals surface area contributed by atoms with Crippen molar-refractivity contribution in [1.29, 1.82) is 0 Å². The lowest BCUT2D eigenvalue weighted by Gasteiger charge is -2.51. The number of amides is 2. The van der Waals surface area contributed by atoms with E-state index in [9.17, 15) is 9.59 Å². The van der Waals surface area contributed by atoms with Crippen molar-refractivity contribution < 1.29 is 19.1 Å². The molecular weight excluding hydrogens is 272 g/mol. The molecule has 3 saturated heterocycles. The molecule has 0 aromatic carbocycles. The average molecular weight is 296 g/mol. The summed E-state index contributed by atoms with van der Waals surface area (Å²) in [7, 11) is 0. The van der Waals surface area contributed by atoms with E-state index in [0.717, 1.165) is 0 Å². The van der Waals surface area contributed by atoms with Crippen LogP contribution < -0.4 is 0 Å². The molecule has 6 heteroatoms. The van der Waals surface area contributed by atoms with Gasteiger partial charge in [-0.3, -0.25) is 9.59 Å². The normalized spacial score (nSPS) is 26.3. The Labute approximate surface area is 125 Å². The molecule has 0 saturated carbocycles. The Morgan fingerprint density at radius 1 is 1.10 bits per heavy atom. The second-order valence-electron chi connectivity index (χ2n) is 7.06. The number of carbonyl (C=O) groups is 2. The molecule has 0 bridgehead atoms. The number of likely N-dealkylation sites (tertiary alicyclic amines) is 1. The molecule has 3 heterocycles. The Kier molecular flexibility index (Phi) is 3.48. The summed E-state index contributed by atoms with van der Waals surface area (Å²) in [6.45, 7) is 9.90.